The molecule has 0 unspecified atom stereocenters. The molecule has 1 aliphatic heterocycles. The molecule has 0 fully saturated rings. The van der Waals surface area contributed by atoms with Crippen molar-refractivity contribution < 1.29 is 0 Å². The number of nitrogens with zero attached hydrogens (tertiary/aromatic N) is 1. The highest BCUT2D eigenvalue weighted by Crippen LogP contribution is 2.22. The number of nitrogens with one attached hydrogen (secondary N) is 1. The third kappa shape index (κ3) is 1.03. The SMILES string of the molecule is c1ccc2c(c1)C[N]NS2. The zero-order valence-electron chi connectivity index (χ0n) is 5.37. The highest BCUT2D eigenvalue weighted by atomic mass is 32.2. The molecule has 3 heteroatoms. The van der Waals surface area contributed by atoms with Crippen LogP contribution in [0.1, 0.15) is 5.56 Å². The molecule has 0 aliphatic carbocycles. The van der Waals surface area contributed by atoms with Crippen LogP contribution >= 0.6 is 11.9 Å². The number of rotatable bonds is 0. The van der Waals surface area contributed by atoms with Crippen LogP contribution in [0.5, 0.6) is 0 Å². The van der Waals surface area contributed by atoms with Crippen molar-refractivity contribution in [3.05, 3.63) is 29.8 Å². The Morgan fingerprint density at radius 3 is 3.20 bits per heavy atom. The molecule has 0 saturated carbocycles. The van der Waals surface area contributed by atoms with E-state index in [0.717, 1.165) is 6.54 Å². The molecule has 10 heavy (non-hydrogen) atoms. The molecule has 0 bridgehead atoms. The number of hydrogen-bond donors (Lipinski definition) is 1. The second-order valence-electron chi connectivity index (χ2n) is 2.12. The van der Waals surface area contributed by atoms with Crippen molar-refractivity contribution >= 4 is 11.9 Å². The summed E-state index contributed by atoms with van der Waals surface area (Å²) < 4.78 is 0. The fourth-order valence-corrected chi connectivity index (χ4v) is 1.57. The average Bonchev–Trinajstić information content (AvgIpc) is 2.05. The Balaban J connectivity index is 2.41. The van der Waals surface area contributed by atoms with Crippen molar-refractivity contribution in [2.45, 2.75) is 11.4 Å². The van der Waals surface area contributed by atoms with Crippen molar-refractivity contribution in [2.75, 3.05) is 0 Å². The molecule has 1 heterocycles. The lowest BCUT2D eigenvalue weighted by atomic mass is 10.2. The van der Waals surface area contributed by atoms with Crippen LogP contribution in [-0.4, -0.2) is 0 Å². The standard InChI is InChI=1S/C7H7N2S/c1-2-4-7-6(3-1)5-8-9-10-7/h1-4,9H,5H2. The van der Waals surface area contributed by atoms with E-state index in [1.807, 2.05) is 12.1 Å². The van der Waals surface area contributed by atoms with Crippen molar-refractivity contribution in [3.63, 3.8) is 0 Å². The molecule has 1 radical (unpaired) electrons. The first-order chi connectivity index (χ1) is 4.97. The second-order valence-corrected chi connectivity index (χ2v) is 2.94. The molecule has 2 nitrogen and oxygen atoms in total. The minimum Gasteiger partial charge on any atom is -0.178 e. The third-order valence-electron chi connectivity index (χ3n) is 1.44. The van der Waals surface area contributed by atoms with Gasteiger partial charge in [-0.05, 0) is 23.6 Å². The van der Waals surface area contributed by atoms with E-state index in [2.05, 4.69) is 22.4 Å². The van der Waals surface area contributed by atoms with Crippen LogP contribution in [0.25, 0.3) is 0 Å². The zero-order valence-corrected chi connectivity index (χ0v) is 6.19. The maximum atomic E-state index is 4.03. The minimum absolute atomic E-state index is 0.795. The third-order valence-corrected chi connectivity index (χ3v) is 2.28. The Morgan fingerprint density at radius 2 is 2.30 bits per heavy atom. The molecule has 0 saturated heterocycles. The summed E-state index contributed by atoms with van der Waals surface area (Å²) in [5.41, 5.74) is 5.34. The Bertz CT molecular complexity index is 212. The summed E-state index contributed by atoms with van der Waals surface area (Å²) in [6, 6.07) is 8.29. The van der Waals surface area contributed by atoms with Crippen LogP contribution in [0.4, 0.5) is 0 Å². The molecule has 0 aromatic heterocycles. The van der Waals surface area contributed by atoms with Gasteiger partial charge in [0.1, 0.15) is 0 Å². The van der Waals surface area contributed by atoms with Gasteiger partial charge in [0.05, 0.1) is 6.54 Å². The van der Waals surface area contributed by atoms with E-state index in [4.69, 9.17) is 0 Å². The molecule has 2 rings (SSSR count). The highest BCUT2D eigenvalue weighted by molar-refractivity contribution is 7.97. The molecular weight excluding hydrogens is 144 g/mol. The monoisotopic (exact) mass is 151 g/mol. The summed E-state index contributed by atoms with van der Waals surface area (Å²) in [7, 11) is 0. The number of benzene rings is 1. The first-order valence-corrected chi connectivity index (χ1v) is 3.95. The molecule has 1 aliphatic rings. The van der Waals surface area contributed by atoms with Crippen molar-refractivity contribution in [1.82, 2.24) is 10.3 Å². The predicted octanol–water partition coefficient (Wildman–Crippen LogP) is 1.32. The van der Waals surface area contributed by atoms with Crippen LogP contribution in [0.2, 0.25) is 0 Å². The van der Waals surface area contributed by atoms with Gasteiger partial charge < -0.3 is 0 Å². The van der Waals surface area contributed by atoms with Crippen molar-refractivity contribution in [3.8, 4) is 0 Å². The van der Waals surface area contributed by atoms with Crippen LogP contribution in [0.15, 0.2) is 29.2 Å². The van der Waals surface area contributed by atoms with E-state index in [0.29, 0.717) is 0 Å². The van der Waals surface area contributed by atoms with Crippen molar-refractivity contribution in [1.29, 1.82) is 0 Å². The summed E-state index contributed by atoms with van der Waals surface area (Å²) in [5, 5.41) is 0. The van der Waals surface area contributed by atoms with Crippen LogP contribution in [0, 0.1) is 0 Å². The minimum atomic E-state index is 0.795. The second kappa shape index (κ2) is 2.62. The summed E-state index contributed by atoms with van der Waals surface area (Å²) >= 11 is 1.57. The molecule has 0 atom stereocenters. The Hall–Kier alpha value is -0.510. The van der Waals surface area contributed by atoms with E-state index in [1.54, 1.807) is 11.9 Å². The van der Waals surface area contributed by atoms with Gasteiger partial charge in [0.15, 0.2) is 0 Å². The van der Waals surface area contributed by atoms with Crippen LogP contribution < -0.4 is 10.3 Å². The van der Waals surface area contributed by atoms with Gasteiger partial charge in [0.25, 0.3) is 0 Å². The Morgan fingerprint density at radius 1 is 1.40 bits per heavy atom. The van der Waals surface area contributed by atoms with Gasteiger partial charge in [-0.2, -0.15) is 4.83 Å². The highest BCUT2D eigenvalue weighted by Gasteiger charge is 2.06. The van der Waals surface area contributed by atoms with E-state index in [1.165, 1.54) is 10.5 Å². The lowest BCUT2D eigenvalue weighted by Crippen LogP contribution is -2.21. The van der Waals surface area contributed by atoms with Gasteiger partial charge in [-0.1, -0.05) is 18.2 Å². The van der Waals surface area contributed by atoms with Gasteiger partial charge in [-0.15, -0.1) is 5.43 Å². The summed E-state index contributed by atoms with van der Waals surface area (Å²) in [6.07, 6.45) is 0. The first kappa shape index (κ1) is 6.22. The Kier molecular flexibility index (Phi) is 1.63. The van der Waals surface area contributed by atoms with Gasteiger partial charge in [0, 0.05) is 4.90 Å². The van der Waals surface area contributed by atoms with Crippen LogP contribution in [-0.2, 0) is 6.54 Å². The number of hydrogen-bond acceptors (Lipinski definition) is 2. The normalized spacial score (nSPS) is 16.4. The van der Waals surface area contributed by atoms with E-state index >= 15 is 0 Å². The molecule has 0 spiro atoms. The van der Waals surface area contributed by atoms with Gasteiger partial charge in [0.2, 0.25) is 0 Å². The fraction of sp³-hybridized carbons (Fsp3) is 0.143. The first-order valence-electron chi connectivity index (χ1n) is 3.13. The maximum absolute atomic E-state index is 4.03. The fourth-order valence-electron chi connectivity index (χ4n) is 0.933. The van der Waals surface area contributed by atoms with Crippen molar-refractivity contribution in [2.24, 2.45) is 0 Å². The van der Waals surface area contributed by atoms with Gasteiger partial charge in [-0.25, -0.2) is 0 Å². The van der Waals surface area contributed by atoms with Gasteiger partial charge in [-0.3, -0.25) is 0 Å². The van der Waals surface area contributed by atoms with E-state index in [-0.39, 0.29) is 0 Å². The molecule has 1 aromatic carbocycles. The zero-order chi connectivity index (χ0) is 6.81. The summed E-state index contributed by atoms with van der Waals surface area (Å²) in [4.78, 5) is 4.17. The average molecular weight is 151 g/mol. The predicted molar refractivity (Wildman–Crippen MR) is 41.3 cm³/mol. The lowest BCUT2D eigenvalue weighted by Gasteiger charge is -2.13. The smallest absolute Gasteiger partial charge is 0.0575 e. The number of fused-ring (bicyclic) bond motifs is 1. The summed E-state index contributed by atoms with van der Waals surface area (Å²) in [6.45, 7) is 0.795. The largest absolute Gasteiger partial charge is 0.178 e. The van der Waals surface area contributed by atoms with E-state index in [9.17, 15) is 0 Å². The lowest BCUT2D eigenvalue weighted by molar-refractivity contribution is 0.645. The molecule has 51 valence electrons. The van der Waals surface area contributed by atoms with E-state index < -0.39 is 0 Å². The summed E-state index contributed by atoms with van der Waals surface area (Å²) in [5.74, 6) is 0. The molecule has 1 N–H and O–H groups in total. The Labute approximate surface area is 64.1 Å². The van der Waals surface area contributed by atoms with Crippen LogP contribution in [0.3, 0.4) is 0 Å². The quantitative estimate of drug-likeness (QED) is 0.566. The van der Waals surface area contributed by atoms with Gasteiger partial charge >= 0.3 is 0 Å². The molecule has 1 aromatic rings. The maximum Gasteiger partial charge on any atom is 0.0575 e. The topological polar surface area (TPSA) is 26.1 Å². The molecular formula is C7H7N2S. The molecule has 0 amide bonds.